The molecule has 0 saturated carbocycles. The molecule has 0 aliphatic rings. The summed E-state index contributed by atoms with van der Waals surface area (Å²) >= 11 is 4.77. The fraction of sp³-hybridized carbons (Fsp3) is 0. The van der Waals surface area contributed by atoms with Gasteiger partial charge in [0.05, 0.1) is 5.56 Å². The van der Waals surface area contributed by atoms with E-state index in [9.17, 15) is 4.39 Å². The maximum absolute atomic E-state index is 13.1. The molecule has 0 radical (unpaired) electrons. The van der Waals surface area contributed by atoms with Gasteiger partial charge in [-0.25, -0.2) is 4.39 Å². The molecule has 13 heavy (non-hydrogen) atoms. The van der Waals surface area contributed by atoms with E-state index in [4.69, 9.17) is 5.26 Å². The van der Waals surface area contributed by atoms with Gasteiger partial charge in [0, 0.05) is 19.9 Å². The number of benzene rings is 1. The van der Waals surface area contributed by atoms with E-state index in [1.807, 2.05) is 11.4 Å². The van der Waals surface area contributed by atoms with Gasteiger partial charge in [-0.3, -0.25) is 0 Å². The molecule has 0 fully saturated rings. The van der Waals surface area contributed by atoms with Gasteiger partial charge in [0.25, 0.3) is 0 Å². The quantitative estimate of drug-likeness (QED) is 0.705. The van der Waals surface area contributed by atoms with Crippen LogP contribution >= 0.6 is 27.3 Å². The smallest absolute Gasteiger partial charge is 0.141 e. The Morgan fingerprint density at radius 1 is 1.46 bits per heavy atom. The molecule has 0 N–H and O–H groups in total. The molecule has 64 valence electrons. The second-order valence-corrected chi connectivity index (χ2v) is 4.26. The highest BCUT2D eigenvalue weighted by atomic mass is 79.9. The van der Waals surface area contributed by atoms with Crippen LogP contribution in [0.15, 0.2) is 22.0 Å². The Morgan fingerprint density at radius 2 is 2.23 bits per heavy atom. The van der Waals surface area contributed by atoms with E-state index in [1.54, 1.807) is 6.07 Å². The Morgan fingerprint density at radius 3 is 2.92 bits per heavy atom. The lowest BCUT2D eigenvalue weighted by Gasteiger charge is -1.95. The van der Waals surface area contributed by atoms with Crippen LogP contribution in [0.5, 0.6) is 0 Å². The van der Waals surface area contributed by atoms with Crippen molar-refractivity contribution < 1.29 is 4.39 Å². The summed E-state index contributed by atoms with van der Waals surface area (Å²) in [6.07, 6.45) is 0. The minimum atomic E-state index is -0.464. The van der Waals surface area contributed by atoms with Crippen LogP contribution in [-0.2, 0) is 0 Å². The highest BCUT2D eigenvalue weighted by Gasteiger charge is 2.10. The third kappa shape index (κ3) is 1.25. The van der Waals surface area contributed by atoms with Crippen molar-refractivity contribution in [3.05, 3.63) is 33.4 Å². The highest BCUT2D eigenvalue weighted by Crippen LogP contribution is 2.33. The molecule has 0 spiro atoms. The molecule has 1 aromatic heterocycles. The van der Waals surface area contributed by atoms with Gasteiger partial charge >= 0.3 is 0 Å². The minimum absolute atomic E-state index is 0.116. The van der Waals surface area contributed by atoms with Crippen molar-refractivity contribution in [2.75, 3.05) is 0 Å². The predicted molar refractivity (Wildman–Crippen MR) is 54.2 cm³/mol. The van der Waals surface area contributed by atoms with Crippen molar-refractivity contribution in [1.29, 1.82) is 5.26 Å². The zero-order chi connectivity index (χ0) is 9.42. The zero-order valence-electron chi connectivity index (χ0n) is 6.34. The van der Waals surface area contributed by atoms with E-state index < -0.39 is 5.82 Å². The topological polar surface area (TPSA) is 23.8 Å². The molecule has 0 atom stereocenters. The van der Waals surface area contributed by atoms with Gasteiger partial charge in [0.1, 0.15) is 11.9 Å². The molecular weight excluding hydrogens is 253 g/mol. The third-order valence-electron chi connectivity index (χ3n) is 1.76. The molecule has 0 unspecified atom stereocenters. The number of nitriles is 1. The monoisotopic (exact) mass is 255 g/mol. The number of hydrogen-bond donors (Lipinski definition) is 0. The van der Waals surface area contributed by atoms with Crippen LogP contribution in [0.1, 0.15) is 5.56 Å². The van der Waals surface area contributed by atoms with Crippen LogP contribution in [-0.4, -0.2) is 0 Å². The van der Waals surface area contributed by atoms with Crippen molar-refractivity contribution in [1.82, 2.24) is 0 Å². The second-order valence-electron chi connectivity index (χ2n) is 2.49. The fourth-order valence-corrected chi connectivity index (χ4v) is 2.83. The molecule has 0 aliphatic carbocycles. The molecule has 1 aromatic carbocycles. The molecule has 0 saturated heterocycles. The predicted octanol–water partition coefficient (Wildman–Crippen LogP) is 3.67. The molecule has 1 heterocycles. The molecular formula is C9H3BrFNS. The number of fused-ring (bicyclic) bond motifs is 1. The number of halogens is 2. The summed E-state index contributed by atoms with van der Waals surface area (Å²) in [6.45, 7) is 0. The third-order valence-corrected chi connectivity index (χ3v) is 3.63. The summed E-state index contributed by atoms with van der Waals surface area (Å²) in [5.74, 6) is -0.464. The van der Waals surface area contributed by atoms with Crippen LogP contribution in [0, 0.1) is 17.1 Å². The Labute approximate surface area is 86.5 Å². The average molecular weight is 256 g/mol. The number of hydrogen-bond acceptors (Lipinski definition) is 2. The molecule has 2 rings (SSSR count). The Balaban J connectivity index is 2.99. The van der Waals surface area contributed by atoms with Crippen LogP contribution < -0.4 is 0 Å². The SMILES string of the molecule is N#Cc1c(F)ccc2scc(Br)c12. The lowest BCUT2D eigenvalue weighted by molar-refractivity contribution is 0.626. The maximum atomic E-state index is 13.1. The summed E-state index contributed by atoms with van der Waals surface area (Å²) < 4.78 is 14.8. The molecule has 1 nitrogen and oxygen atoms in total. The van der Waals surface area contributed by atoms with Crippen LogP contribution in [0.25, 0.3) is 10.1 Å². The Hall–Kier alpha value is -0.920. The Bertz CT molecular complexity index is 512. The highest BCUT2D eigenvalue weighted by molar-refractivity contribution is 9.10. The van der Waals surface area contributed by atoms with Crippen LogP contribution in [0.4, 0.5) is 4.39 Å². The van der Waals surface area contributed by atoms with Crippen LogP contribution in [0.2, 0.25) is 0 Å². The van der Waals surface area contributed by atoms with E-state index >= 15 is 0 Å². The normalized spacial score (nSPS) is 10.2. The summed E-state index contributed by atoms with van der Waals surface area (Å²) in [7, 11) is 0. The van der Waals surface area contributed by atoms with Gasteiger partial charge in [-0.1, -0.05) is 0 Å². The zero-order valence-corrected chi connectivity index (χ0v) is 8.75. The van der Waals surface area contributed by atoms with Gasteiger partial charge < -0.3 is 0 Å². The molecule has 0 bridgehead atoms. The summed E-state index contributed by atoms with van der Waals surface area (Å²) in [5.41, 5.74) is 0.116. The fourth-order valence-electron chi connectivity index (χ4n) is 1.18. The van der Waals surface area contributed by atoms with Gasteiger partial charge in [-0.2, -0.15) is 5.26 Å². The van der Waals surface area contributed by atoms with E-state index in [0.29, 0.717) is 5.39 Å². The number of rotatable bonds is 0. The lowest BCUT2D eigenvalue weighted by atomic mass is 10.1. The van der Waals surface area contributed by atoms with E-state index in [-0.39, 0.29) is 5.56 Å². The van der Waals surface area contributed by atoms with Gasteiger partial charge in [0.15, 0.2) is 0 Å². The van der Waals surface area contributed by atoms with E-state index in [0.717, 1.165) is 9.17 Å². The summed E-state index contributed by atoms with van der Waals surface area (Å²) in [4.78, 5) is 0. The Kier molecular flexibility index (Phi) is 2.06. The van der Waals surface area contributed by atoms with Crippen molar-refractivity contribution in [2.24, 2.45) is 0 Å². The first-order valence-electron chi connectivity index (χ1n) is 3.49. The summed E-state index contributed by atoms with van der Waals surface area (Å²) in [5, 5.41) is 11.3. The lowest BCUT2D eigenvalue weighted by Crippen LogP contribution is -1.83. The average Bonchev–Trinajstić information content (AvgIpc) is 2.49. The van der Waals surface area contributed by atoms with Crippen molar-refractivity contribution in [3.63, 3.8) is 0 Å². The van der Waals surface area contributed by atoms with E-state index in [1.165, 1.54) is 17.4 Å². The molecule has 2 aromatic rings. The maximum Gasteiger partial charge on any atom is 0.141 e. The molecule has 4 heteroatoms. The van der Waals surface area contributed by atoms with Gasteiger partial charge in [-0.05, 0) is 28.1 Å². The first-order chi connectivity index (χ1) is 6.24. The largest absolute Gasteiger partial charge is 0.206 e. The van der Waals surface area contributed by atoms with E-state index in [2.05, 4.69) is 15.9 Å². The standard InChI is InChI=1S/C9H3BrFNS/c10-6-4-13-8-2-1-7(11)5(3-12)9(6)8/h1-2,4H. The second kappa shape index (κ2) is 3.09. The van der Waals surface area contributed by atoms with Crippen molar-refractivity contribution in [3.8, 4) is 6.07 Å². The first-order valence-corrected chi connectivity index (χ1v) is 5.16. The molecule has 0 amide bonds. The summed E-state index contributed by atoms with van der Waals surface area (Å²) in [6, 6.07) is 4.87. The van der Waals surface area contributed by atoms with Gasteiger partial charge in [0.2, 0.25) is 0 Å². The minimum Gasteiger partial charge on any atom is -0.206 e. The van der Waals surface area contributed by atoms with Crippen molar-refractivity contribution >= 4 is 37.4 Å². The van der Waals surface area contributed by atoms with Gasteiger partial charge in [-0.15, -0.1) is 11.3 Å². The molecule has 0 aliphatic heterocycles. The number of nitrogens with zero attached hydrogens (tertiary/aromatic N) is 1. The van der Waals surface area contributed by atoms with Crippen LogP contribution in [0.3, 0.4) is 0 Å². The number of thiophene rings is 1. The first kappa shape index (κ1) is 8.67. The van der Waals surface area contributed by atoms with Crippen molar-refractivity contribution in [2.45, 2.75) is 0 Å².